The maximum atomic E-state index is 12.6. The van der Waals surface area contributed by atoms with Gasteiger partial charge in [-0.1, -0.05) is 30.3 Å². The van der Waals surface area contributed by atoms with Gasteiger partial charge < -0.3 is 20.1 Å². The molecular weight excluding hydrogens is 512 g/mol. The van der Waals surface area contributed by atoms with E-state index in [1.54, 1.807) is 0 Å². The fraction of sp³-hybridized carbons (Fsp3) is 0.231. The maximum Gasteiger partial charge on any atom is 0.414 e. The van der Waals surface area contributed by atoms with Gasteiger partial charge in [0.05, 0.1) is 17.1 Å². The van der Waals surface area contributed by atoms with E-state index in [0.29, 0.717) is 25.1 Å². The predicted octanol–water partition coefficient (Wildman–Crippen LogP) is 2.90. The molecule has 0 unspecified atom stereocenters. The molecule has 200 valence electrons. The number of aromatic nitrogens is 1. The second kappa shape index (κ2) is 13.9. The van der Waals surface area contributed by atoms with Crippen molar-refractivity contribution >= 4 is 33.6 Å². The first kappa shape index (κ1) is 28.3. The van der Waals surface area contributed by atoms with Gasteiger partial charge in [0.1, 0.15) is 0 Å². The number of nitrogens with zero attached hydrogens (tertiary/aromatic N) is 1. The van der Waals surface area contributed by atoms with Gasteiger partial charge in [0, 0.05) is 38.0 Å². The van der Waals surface area contributed by atoms with Crippen LogP contribution in [0.15, 0.2) is 77.8 Å². The fourth-order valence-corrected chi connectivity index (χ4v) is 4.21. The number of carbonyl (C=O) groups is 3. The third-order valence-electron chi connectivity index (χ3n) is 5.16. The molecular formula is C26H28N4O7S. The summed E-state index contributed by atoms with van der Waals surface area (Å²) in [5, 5.41) is 5.17. The number of hydrogen-bond acceptors (Lipinski definition) is 8. The molecule has 1 heterocycles. The van der Waals surface area contributed by atoms with Crippen LogP contribution in [0.2, 0.25) is 0 Å². The number of pyridine rings is 1. The molecule has 0 saturated carbocycles. The first-order chi connectivity index (χ1) is 18.3. The Morgan fingerprint density at radius 2 is 1.68 bits per heavy atom. The largest absolute Gasteiger partial charge is 0.414 e. The predicted molar refractivity (Wildman–Crippen MR) is 139 cm³/mol. The molecule has 11 nitrogen and oxygen atoms in total. The van der Waals surface area contributed by atoms with Crippen LogP contribution in [0.5, 0.6) is 5.88 Å². The molecule has 3 aromatic rings. The summed E-state index contributed by atoms with van der Waals surface area (Å²) in [7, 11) is -2.70. The molecule has 38 heavy (non-hydrogen) atoms. The van der Waals surface area contributed by atoms with Crippen molar-refractivity contribution in [3.05, 3.63) is 84.1 Å². The molecule has 0 radical (unpaired) electrons. The summed E-state index contributed by atoms with van der Waals surface area (Å²) in [5.41, 5.74) is 1.53. The number of amides is 3. The Morgan fingerprint density at radius 1 is 0.947 bits per heavy atom. The number of rotatable bonds is 12. The highest BCUT2D eigenvalue weighted by Crippen LogP contribution is 2.16. The van der Waals surface area contributed by atoms with E-state index in [1.807, 2.05) is 35.1 Å². The van der Waals surface area contributed by atoms with E-state index < -0.39 is 22.0 Å². The fourth-order valence-electron chi connectivity index (χ4n) is 3.24. The van der Waals surface area contributed by atoms with E-state index >= 15 is 0 Å². The van der Waals surface area contributed by atoms with E-state index in [1.165, 1.54) is 43.5 Å². The SMILES string of the molecule is COCCNC(=O)Oc1ccc(C(=O)NS(=O)(=O)c2ccc(NC(=O)CCCc3ccccc3)cc2)cn1. The summed E-state index contributed by atoms with van der Waals surface area (Å²) in [6.07, 6.45) is 2.11. The lowest BCUT2D eigenvalue weighted by Gasteiger charge is -2.09. The van der Waals surface area contributed by atoms with Gasteiger partial charge in [-0.05, 0) is 48.7 Å². The lowest BCUT2D eigenvalue weighted by molar-refractivity contribution is -0.116. The second-order valence-electron chi connectivity index (χ2n) is 8.04. The van der Waals surface area contributed by atoms with Crippen LogP contribution >= 0.6 is 0 Å². The summed E-state index contributed by atoms with van der Waals surface area (Å²) >= 11 is 0. The molecule has 12 heteroatoms. The summed E-state index contributed by atoms with van der Waals surface area (Å²) in [6, 6.07) is 17.8. The summed E-state index contributed by atoms with van der Waals surface area (Å²) in [5.74, 6) is -1.17. The number of anilines is 1. The standard InChI is InChI=1S/C26H28N4O7S/c1-36-17-16-27-26(33)37-24-15-10-20(18-28-24)25(32)30-38(34,35)22-13-11-21(12-14-22)29-23(31)9-5-8-19-6-3-2-4-7-19/h2-4,6-7,10-15,18H,5,8-9,16-17H2,1H3,(H,27,33)(H,29,31)(H,30,32). The minimum Gasteiger partial charge on any atom is -0.391 e. The van der Waals surface area contributed by atoms with Crippen molar-refractivity contribution in [3.63, 3.8) is 0 Å². The smallest absolute Gasteiger partial charge is 0.391 e. The highest BCUT2D eigenvalue weighted by Gasteiger charge is 2.19. The molecule has 1 aromatic heterocycles. The Morgan fingerprint density at radius 3 is 2.34 bits per heavy atom. The monoisotopic (exact) mass is 540 g/mol. The van der Waals surface area contributed by atoms with E-state index in [9.17, 15) is 22.8 Å². The van der Waals surface area contributed by atoms with Crippen LogP contribution in [0.1, 0.15) is 28.8 Å². The number of carbonyl (C=O) groups excluding carboxylic acids is 3. The summed E-state index contributed by atoms with van der Waals surface area (Å²) in [4.78, 5) is 39.9. The zero-order chi connectivity index (χ0) is 27.4. The number of methoxy groups -OCH3 is 1. The number of ether oxygens (including phenoxy) is 2. The second-order valence-corrected chi connectivity index (χ2v) is 9.72. The quantitative estimate of drug-likeness (QED) is 0.297. The summed E-state index contributed by atoms with van der Waals surface area (Å²) < 4.78 is 37.0. The van der Waals surface area contributed by atoms with Crippen molar-refractivity contribution < 1.29 is 32.3 Å². The van der Waals surface area contributed by atoms with Gasteiger partial charge >= 0.3 is 6.09 Å². The molecule has 2 aromatic carbocycles. The average molecular weight is 541 g/mol. The van der Waals surface area contributed by atoms with Crippen molar-refractivity contribution in [1.82, 2.24) is 15.0 Å². The highest BCUT2D eigenvalue weighted by molar-refractivity contribution is 7.90. The lowest BCUT2D eigenvalue weighted by atomic mass is 10.1. The van der Waals surface area contributed by atoms with Gasteiger partial charge in [-0.15, -0.1) is 0 Å². The van der Waals surface area contributed by atoms with E-state index in [-0.39, 0.29) is 28.8 Å². The van der Waals surface area contributed by atoms with E-state index in [2.05, 4.69) is 15.6 Å². The van der Waals surface area contributed by atoms with Gasteiger partial charge in [0.2, 0.25) is 11.8 Å². The van der Waals surface area contributed by atoms with E-state index in [0.717, 1.165) is 18.2 Å². The molecule has 3 rings (SSSR count). The topological polar surface area (TPSA) is 153 Å². The Bertz CT molecular complexity index is 1330. The van der Waals surface area contributed by atoms with Crippen molar-refractivity contribution in [3.8, 4) is 5.88 Å². The molecule has 0 aliphatic rings. The molecule has 0 aliphatic carbocycles. The number of nitrogens with one attached hydrogen (secondary N) is 3. The van der Waals surface area contributed by atoms with Crippen LogP contribution in [0.4, 0.5) is 10.5 Å². The Hall–Kier alpha value is -4.29. The van der Waals surface area contributed by atoms with Crippen LogP contribution in [0.25, 0.3) is 0 Å². The van der Waals surface area contributed by atoms with Crippen molar-refractivity contribution in [1.29, 1.82) is 0 Å². The minimum atomic E-state index is -4.19. The summed E-state index contributed by atoms with van der Waals surface area (Å²) in [6.45, 7) is 0.554. The Labute approximate surface area is 220 Å². The molecule has 3 amide bonds. The maximum absolute atomic E-state index is 12.6. The van der Waals surface area contributed by atoms with Crippen LogP contribution in [-0.4, -0.2) is 51.6 Å². The Kier molecular flexibility index (Phi) is 10.3. The van der Waals surface area contributed by atoms with Gasteiger partial charge in [-0.3, -0.25) is 9.59 Å². The van der Waals surface area contributed by atoms with Crippen molar-refractivity contribution in [2.45, 2.75) is 24.2 Å². The zero-order valence-corrected chi connectivity index (χ0v) is 21.5. The molecule has 0 saturated heterocycles. The zero-order valence-electron chi connectivity index (χ0n) is 20.7. The van der Waals surface area contributed by atoms with Crippen LogP contribution in [0.3, 0.4) is 0 Å². The minimum absolute atomic E-state index is 0.0555. The molecule has 0 spiro atoms. The third-order valence-corrected chi connectivity index (χ3v) is 6.51. The van der Waals surface area contributed by atoms with Gasteiger partial charge in [0.15, 0.2) is 0 Å². The van der Waals surface area contributed by atoms with Gasteiger partial charge in [0.25, 0.3) is 15.9 Å². The average Bonchev–Trinajstić information content (AvgIpc) is 2.90. The van der Waals surface area contributed by atoms with E-state index in [4.69, 9.17) is 9.47 Å². The Balaban J connectivity index is 1.49. The van der Waals surface area contributed by atoms with Crippen molar-refractivity contribution in [2.24, 2.45) is 0 Å². The number of hydrogen-bond donors (Lipinski definition) is 3. The first-order valence-corrected chi connectivity index (χ1v) is 13.2. The molecule has 0 fully saturated rings. The lowest BCUT2D eigenvalue weighted by Crippen LogP contribution is -2.31. The number of aryl methyl sites for hydroxylation is 1. The normalized spacial score (nSPS) is 10.9. The van der Waals surface area contributed by atoms with Crippen LogP contribution in [-0.2, 0) is 26.0 Å². The molecule has 3 N–H and O–H groups in total. The highest BCUT2D eigenvalue weighted by atomic mass is 32.2. The number of sulfonamides is 1. The van der Waals surface area contributed by atoms with Crippen molar-refractivity contribution in [2.75, 3.05) is 25.6 Å². The van der Waals surface area contributed by atoms with Crippen LogP contribution in [0, 0.1) is 0 Å². The molecule has 0 aliphatic heterocycles. The molecule has 0 bridgehead atoms. The molecule has 0 atom stereocenters. The van der Waals surface area contributed by atoms with Gasteiger partial charge in [-0.2, -0.15) is 0 Å². The number of benzene rings is 2. The van der Waals surface area contributed by atoms with Gasteiger partial charge in [-0.25, -0.2) is 22.9 Å². The first-order valence-electron chi connectivity index (χ1n) is 11.7. The van der Waals surface area contributed by atoms with Crippen LogP contribution < -0.4 is 20.1 Å². The third kappa shape index (κ3) is 8.98.